The molecule has 4 heteroatoms. The molecule has 4 nitrogen and oxygen atoms in total. The Labute approximate surface area is 225 Å². The van der Waals surface area contributed by atoms with Gasteiger partial charge >= 0.3 is 5.97 Å². The summed E-state index contributed by atoms with van der Waals surface area (Å²) >= 11 is 0. The first-order valence-corrected chi connectivity index (χ1v) is 14.1. The fraction of sp³-hybridized carbons (Fsp3) is 0.545. The molecule has 0 spiro atoms. The molecule has 0 atom stereocenters. The third-order valence-electron chi connectivity index (χ3n) is 7.89. The molecule has 0 aliphatic rings. The van der Waals surface area contributed by atoms with Crippen LogP contribution >= 0.6 is 0 Å². The van der Waals surface area contributed by atoms with E-state index in [4.69, 9.17) is 9.47 Å². The highest BCUT2D eigenvalue weighted by atomic mass is 16.5. The largest absolute Gasteiger partial charge is 0.493 e. The molecule has 37 heavy (non-hydrogen) atoms. The number of hydrogen-bond acceptors (Lipinski definition) is 4. The maximum absolute atomic E-state index is 11.5. The van der Waals surface area contributed by atoms with Crippen molar-refractivity contribution in [1.82, 2.24) is 0 Å². The quantitative estimate of drug-likeness (QED) is 0.195. The molecule has 0 aliphatic carbocycles. The van der Waals surface area contributed by atoms with Crippen LogP contribution in [0.3, 0.4) is 0 Å². The lowest BCUT2D eigenvalue weighted by atomic mass is 9.70. The molecule has 0 aromatic heterocycles. The monoisotopic (exact) mass is 508 g/mol. The summed E-state index contributed by atoms with van der Waals surface area (Å²) in [6.07, 6.45) is 9.45. The van der Waals surface area contributed by atoms with E-state index in [1.54, 1.807) is 0 Å². The predicted molar refractivity (Wildman–Crippen MR) is 154 cm³/mol. The van der Waals surface area contributed by atoms with E-state index in [1.807, 2.05) is 26.8 Å². The number of carbonyl (C=O) groups is 1. The molecular weight excluding hydrogens is 460 g/mol. The van der Waals surface area contributed by atoms with Crippen LogP contribution < -0.4 is 4.74 Å². The van der Waals surface area contributed by atoms with Gasteiger partial charge < -0.3 is 14.6 Å². The maximum atomic E-state index is 11.5. The van der Waals surface area contributed by atoms with Crippen LogP contribution in [0.25, 0.3) is 6.08 Å². The van der Waals surface area contributed by atoms with E-state index in [9.17, 15) is 9.90 Å². The van der Waals surface area contributed by atoms with Crippen molar-refractivity contribution in [3.8, 4) is 5.75 Å². The lowest BCUT2D eigenvalue weighted by Crippen LogP contribution is -2.26. The van der Waals surface area contributed by atoms with Crippen LogP contribution in [0.15, 0.2) is 42.5 Å². The van der Waals surface area contributed by atoms with E-state index < -0.39 is 5.60 Å². The van der Waals surface area contributed by atoms with E-state index in [1.165, 1.54) is 16.7 Å². The van der Waals surface area contributed by atoms with Gasteiger partial charge in [0, 0.05) is 11.8 Å². The smallest absolute Gasteiger partial charge is 0.305 e. The van der Waals surface area contributed by atoms with Crippen LogP contribution in [-0.4, -0.2) is 29.9 Å². The molecule has 2 aromatic carbocycles. The Morgan fingerprint density at radius 3 is 2.03 bits per heavy atom. The summed E-state index contributed by atoms with van der Waals surface area (Å²) in [7, 11) is 0. The van der Waals surface area contributed by atoms with Crippen molar-refractivity contribution in [1.29, 1.82) is 0 Å². The number of rotatable bonds is 15. The van der Waals surface area contributed by atoms with Gasteiger partial charge in [0.05, 0.1) is 18.8 Å². The number of esters is 1. The molecule has 0 fully saturated rings. The SMILES string of the molecule is CCOC(=O)CCCCOc1ccc(C(CC)(CC)c2ccc(/C=C/C(O)(CC)CC)c(C)c2)cc1C. The number of aliphatic hydroxyl groups is 1. The van der Waals surface area contributed by atoms with Crippen molar-refractivity contribution in [3.05, 3.63) is 70.3 Å². The van der Waals surface area contributed by atoms with Crippen LogP contribution in [0.2, 0.25) is 0 Å². The molecule has 2 rings (SSSR count). The minimum absolute atomic E-state index is 0.0799. The topological polar surface area (TPSA) is 55.8 Å². The normalized spacial score (nSPS) is 12.2. The van der Waals surface area contributed by atoms with Crippen molar-refractivity contribution in [2.75, 3.05) is 13.2 Å². The average Bonchev–Trinajstić information content (AvgIpc) is 2.90. The van der Waals surface area contributed by atoms with Crippen LogP contribution in [0, 0.1) is 13.8 Å². The fourth-order valence-corrected chi connectivity index (χ4v) is 5.02. The van der Waals surface area contributed by atoms with Gasteiger partial charge in [-0.25, -0.2) is 0 Å². The van der Waals surface area contributed by atoms with Crippen LogP contribution in [0.1, 0.15) is 107 Å². The molecule has 0 saturated heterocycles. The van der Waals surface area contributed by atoms with Gasteiger partial charge in [-0.3, -0.25) is 4.79 Å². The molecular formula is C33H48O4. The van der Waals surface area contributed by atoms with Gasteiger partial charge in [-0.05, 0) is 93.2 Å². The molecule has 0 amide bonds. The summed E-state index contributed by atoms with van der Waals surface area (Å²) < 4.78 is 11.0. The Morgan fingerprint density at radius 1 is 0.865 bits per heavy atom. The Hall–Kier alpha value is -2.59. The Kier molecular flexibility index (Phi) is 11.9. The molecule has 0 heterocycles. The highest BCUT2D eigenvalue weighted by Gasteiger charge is 2.31. The Morgan fingerprint density at radius 2 is 1.49 bits per heavy atom. The number of hydrogen-bond donors (Lipinski definition) is 1. The number of unbranched alkanes of at least 4 members (excludes halogenated alkanes) is 1. The van der Waals surface area contributed by atoms with E-state index in [0.717, 1.165) is 42.6 Å². The summed E-state index contributed by atoms with van der Waals surface area (Å²) in [5.41, 5.74) is 5.29. The first-order chi connectivity index (χ1) is 17.7. The first kappa shape index (κ1) is 30.6. The van der Waals surface area contributed by atoms with E-state index in [-0.39, 0.29) is 11.4 Å². The Balaban J connectivity index is 2.20. The van der Waals surface area contributed by atoms with Crippen molar-refractivity contribution in [3.63, 3.8) is 0 Å². The van der Waals surface area contributed by atoms with Crippen molar-refractivity contribution < 1.29 is 19.4 Å². The summed E-state index contributed by atoms with van der Waals surface area (Å²) in [6, 6.07) is 13.3. The van der Waals surface area contributed by atoms with Gasteiger partial charge in [0.25, 0.3) is 0 Å². The lowest BCUT2D eigenvalue weighted by Gasteiger charge is -2.34. The average molecular weight is 509 g/mol. The fourth-order valence-electron chi connectivity index (χ4n) is 5.02. The minimum atomic E-state index is -0.746. The minimum Gasteiger partial charge on any atom is -0.493 e. The zero-order chi connectivity index (χ0) is 27.5. The molecule has 0 unspecified atom stereocenters. The standard InChI is InChI=1S/C33H48O4/c1-8-32(35,9-2)21-20-27-16-17-28(23-25(27)6)33(10-3,11-4)29-18-19-30(26(7)24-29)37-22-14-13-15-31(34)36-12-5/h16-21,23-24,35H,8-15,22H2,1-7H3/b21-20+. The summed E-state index contributed by atoms with van der Waals surface area (Å²) in [6.45, 7) is 15.7. The van der Waals surface area contributed by atoms with Gasteiger partial charge in [-0.15, -0.1) is 0 Å². The molecule has 0 radical (unpaired) electrons. The molecule has 2 aromatic rings. The zero-order valence-electron chi connectivity index (χ0n) is 24.2. The second-order valence-electron chi connectivity index (χ2n) is 10.1. The van der Waals surface area contributed by atoms with Gasteiger partial charge in [-0.1, -0.05) is 70.2 Å². The van der Waals surface area contributed by atoms with E-state index in [2.05, 4.69) is 70.2 Å². The third kappa shape index (κ3) is 7.95. The van der Waals surface area contributed by atoms with E-state index in [0.29, 0.717) is 32.5 Å². The van der Waals surface area contributed by atoms with Gasteiger partial charge in [0.1, 0.15) is 5.75 Å². The summed E-state index contributed by atoms with van der Waals surface area (Å²) in [4.78, 5) is 11.5. The molecule has 0 saturated carbocycles. The Bertz CT molecular complexity index is 1030. The maximum Gasteiger partial charge on any atom is 0.305 e. The molecule has 0 bridgehead atoms. The number of aryl methyl sites for hydroxylation is 2. The molecule has 204 valence electrons. The van der Waals surface area contributed by atoms with Gasteiger partial charge in [0.2, 0.25) is 0 Å². The molecule has 0 aliphatic heterocycles. The van der Waals surface area contributed by atoms with Gasteiger partial charge in [-0.2, -0.15) is 0 Å². The van der Waals surface area contributed by atoms with Gasteiger partial charge in [0.15, 0.2) is 0 Å². The summed E-state index contributed by atoms with van der Waals surface area (Å²) in [5, 5.41) is 10.6. The number of benzene rings is 2. The van der Waals surface area contributed by atoms with Crippen LogP contribution in [0.5, 0.6) is 5.75 Å². The van der Waals surface area contributed by atoms with Crippen molar-refractivity contribution >= 4 is 12.0 Å². The highest BCUT2D eigenvalue weighted by Crippen LogP contribution is 2.41. The third-order valence-corrected chi connectivity index (χ3v) is 7.89. The van der Waals surface area contributed by atoms with Crippen molar-refractivity contribution in [2.45, 2.75) is 104 Å². The second-order valence-corrected chi connectivity index (χ2v) is 10.1. The second kappa shape index (κ2) is 14.4. The number of ether oxygens (including phenoxy) is 2. The highest BCUT2D eigenvalue weighted by molar-refractivity contribution is 5.69. The number of carbonyl (C=O) groups excluding carboxylic acids is 1. The predicted octanol–water partition coefficient (Wildman–Crippen LogP) is 8.09. The zero-order valence-corrected chi connectivity index (χ0v) is 24.2. The molecule has 1 N–H and O–H groups in total. The lowest BCUT2D eigenvalue weighted by molar-refractivity contribution is -0.143. The van der Waals surface area contributed by atoms with Crippen molar-refractivity contribution in [2.24, 2.45) is 0 Å². The first-order valence-electron chi connectivity index (χ1n) is 14.1. The van der Waals surface area contributed by atoms with E-state index >= 15 is 0 Å². The summed E-state index contributed by atoms with van der Waals surface area (Å²) in [5.74, 6) is 0.762. The van der Waals surface area contributed by atoms with Crippen LogP contribution in [-0.2, 0) is 14.9 Å². The van der Waals surface area contributed by atoms with Crippen LogP contribution in [0.4, 0.5) is 0 Å².